The van der Waals surface area contributed by atoms with Crippen molar-refractivity contribution in [3.8, 4) is 0 Å². The second kappa shape index (κ2) is 4.12. The summed E-state index contributed by atoms with van der Waals surface area (Å²) < 4.78 is 0. The molecular formula is C13H20O. The molecule has 0 aliphatic heterocycles. The van der Waals surface area contributed by atoms with E-state index in [1.165, 1.54) is 5.57 Å². The van der Waals surface area contributed by atoms with Gasteiger partial charge in [0.15, 0.2) is 5.78 Å². The van der Waals surface area contributed by atoms with Crippen LogP contribution in [0.15, 0.2) is 24.3 Å². The van der Waals surface area contributed by atoms with E-state index in [-0.39, 0.29) is 11.2 Å². The Labute approximate surface area is 86.9 Å². The number of carbonyl (C=O) groups excluding carboxylic acids is 1. The Morgan fingerprint density at radius 3 is 2.71 bits per heavy atom. The van der Waals surface area contributed by atoms with Crippen molar-refractivity contribution in [2.75, 3.05) is 0 Å². The summed E-state index contributed by atoms with van der Waals surface area (Å²) in [5.74, 6) is 0.822. The molecule has 0 spiro atoms. The third kappa shape index (κ3) is 2.83. The number of hydrogen-bond acceptors (Lipinski definition) is 1. The van der Waals surface area contributed by atoms with Gasteiger partial charge in [-0.1, -0.05) is 39.0 Å². The summed E-state index contributed by atoms with van der Waals surface area (Å²) >= 11 is 0. The lowest BCUT2D eigenvalue weighted by atomic mass is 9.82. The van der Waals surface area contributed by atoms with Crippen molar-refractivity contribution in [2.45, 2.75) is 40.0 Å². The van der Waals surface area contributed by atoms with Crippen LogP contribution in [-0.4, -0.2) is 5.78 Å². The SMILES string of the molecule is C=C(CCC1(C)C=CC(=O)C1)C(C)C. The lowest BCUT2D eigenvalue weighted by Crippen LogP contribution is -2.12. The van der Waals surface area contributed by atoms with Crippen LogP contribution in [0.2, 0.25) is 0 Å². The Kier molecular flexibility index (Phi) is 3.30. The second-order valence-electron chi connectivity index (χ2n) is 4.94. The van der Waals surface area contributed by atoms with Crippen molar-refractivity contribution in [3.63, 3.8) is 0 Å². The first-order valence-corrected chi connectivity index (χ1v) is 5.33. The van der Waals surface area contributed by atoms with E-state index in [0.717, 1.165) is 12.8 Å². The van der Waals surface area contributed by atoms with Gasteiger partial charge in [-0.05, 0) is 30.3 Å². The Bertz CT molecular complexity index is 273. The van der Waals surface area contributed by atoms with Crippen LogP contribution in [0, 0.1) is 11.3 Å². The van der Waals surface area contributed by atoms with Gasteiger partial charge >= 0.3 is 0 Å². The molecule has 1 rings (SSSR count). The summed E-state index contributed by atoms with van der Waals surface area (Å²) in [6, 6.07) is 0. The minimum atomic E-state index is 0.0922. The molecule has 1 nitrogen and oxygen atoms in total. The van der Waals surface area contributed by atoms with Crippen molar-refractivity contribution in [2.24, 2.45) is 11.3 Å². The van der Waals surface area contributed by atoms with Gasteiger partial charge in [0, 0.05) is 6.42 Å². The molecule has 1 aliphatic rings. The van der Waals surface area contributed by atoms with Gasteiger partial charge in [0.2, 0.25) is 0 Å². The van der Waals surface area contributed by atoms with E-state index in [9.17, 15) is 4.79 Å². The van der Waals surface area contributed by atoms with E-state index in [1.807, 2.05) is 0 Å². The zero-order valence-corrected chi connectivity index (χ0v) is 9.47. The topological polar surface area (TPSA) is 17.1 Å². The Morgan fingerprint density at radius 2 is 2.29 bits per heavy atom. The van der Waals surface area contributed by atoms with Crippen LogP contribution < -0.4 is 0 Å². The van der Waals surface area contributed by atoms with E-state index in [1.54, 1.807) is 6.08 Å². The average molecular weight is 192 g/mol. The first-order valence-electron chi connectivity index (χ1n) is 5.33. The Hall–Kier alpha value is -0.850. The molecule has 1 aliphatic carbocycles. The molecule has 0 saturated heterocycles. The minimum Gasteiger partial charge on any atom is -0.295 e. The Balaban J connectivity index is 2.42. The fraction of sp³-hybridized carbons (Fsp3) is 0.615. The molecule has 1 unspecified atom stereocenters. The molecular weight excluding hydrogens is 172 g/mol. The summed E-state index contributed by atoms with van der Waals surface area (Å²) in [7, 11) is 0. The van der Waals surface area contributed by atoms with E-state index in [2.05, 4.69) is 33.4 Å². The molecule has 0 N–H and O–H groups in total. The average Bonchev–Trinajstić information content (AvgIpc) is 2.43. The van der Waals surface area contributed by atoms with Crippen LogP contribution in [-0.2, 0) is 4.79 Å². The Morgan fingerprint density at radius 1 is 1.64 bits per heavy atom. The predicted molar refractivity (Wildman–Crippen MR) is 60.1 cm³/mol. The van der Waals surface area contributed by atoms with Gasteiger partial charge in [-0.3, -0.25) is 4.79 Å². The quantitative estimate of drug-likeness (QED) is 0.623. The van der Waals surface area contributed by atoms with Crippen molar-refractivity contribution >= 4 is 5.78 Å². The lowest BCUT2D eigenvalue weighted by Gasteiger charge is -2.22. The molecule has 0 aromatic heterocycles. The van der Waals surface area contributed by atoms with Crippen LogP contribution in [0.1, 0.15) is 40.0 Å². The molecule has 0 radical (unpaired) electrons. The van der Waals surface area contributed by atoms with Gasteiger partial charge in [0.25, 0.3) is 0 Å². The molecule has 78 valence electrons. The van der Waals surface area contributed by atoms with E-state index in [4.69, 9.17) is 0 Å². The number of rotatable bonds is 4. The minimum absolute atomic E-state index is 0.0922. The standard InChI is InChI=1S/C13H20O/c1-10(2)11(3)5-7-13(4)8-6-12(14)9-13/h6,8,10H,3,5,7,9H2,1-2,4H3. The largest absolute Gasteiger partial charge is 0.295 e. The van der Waals surface area contributed by atoms with Crippen LogP contribution in [0.4, 0.5) is 0 Å². The number of hydrogen-bond donors (Lipinski definition) is 0. The van der Waals surface area contributed by atoms with Gasteiger partial charge in [0.1, 0.15) is 0 Å². The van der Waals surface area contributed by atoms with Crippen LogP contribution >= 0.6 is 0 Å². The van der Waals surface area contributed by atoms with Gasteiger partial charge in [-0.2, -0.15) is 0 Å². The van der Waals surface area contributed by atoms with Gasteiger partial charge in [-0.25, -0.2) is 0 Å². The molecule has 0 amide bonds. The highest BCUT2D eigenvalue weighted by Gasteiger charge is 2.28. The summed E-state index contributed by atoms with van der Waals surface area (Å²) in [5, 5.41) is 0. The molecule has 14 heavy (non-hydrogen) atoms. The molecule has 0 bridgehead atoms. The van der Waals surface area contributed by atoms with Crippen molar-refractivity contribution in [3.05, 3.63) is 24.3 Å². The summed E-state index contributed by atoms with van der Waals surface area (Å²) in [5.41, 5.74) is 1.38. The molecule has 0 aromatic carbocycles. The van der Waals surface area contributed by atoms with Crippen molar-refractivity contribution < 1.29 is 4.79 Å². The zero-order valence-electron chi connectivity index (χ0n) is 9.47. The van der Waals surface area contributed by atoms with Crippen LogP contribution in [0.3, 0.4) is 0 Å². The maximum absolute atomic E-state index is 11.1. The highest BCUT2D eigenvalue weighted by molar-refractivity contribution is 5.92. The van der Waals surface area contributed by atoms with E-state index >= 15 is 0 Å². The molecule has 0 saturated carbocycles. The maximum Gasteiger partial charge on any atom is 0.156 e. The van der Waals surface area contributed by atoms with Gasteiger partial charge in [0.05, 0.1) is 0 Å². The fourth-order valence-electron chi connectivity index (χ4n) is 1.72. The van der Waals surface area contributed by atoms with Crippen LogP contribution in [0.5, 0.6) is 0 Å². The smallest absolute Gasteiger partial charge is 0.156 e. The third-order valence-electron chi connectivity index (χ3n) is 3.08. The number of allylic oxidation sites excluding steroid dienone is 3. The maximum atomic E-state index is 11.1. The normalized spacial score (nSPS) is 26.1. The highest BCUT2D eigenvalue weighted by atomic mass is 16.1. The highest BCUT2D eigenvalue weighted by Crippen LogP contribution is 2.35. The molecule has 0 fully saturated rings. The summed E-state index contributed by atoms with van der Waals surface area (Å²) in [6.07, 6.45) is 6.54. The van der Waals surface area contributed by atoms with Gasteiger partial charge in [-0.15, -0.1) is 0 Å². The van der Waals surface area contributed by atoms with E-state index in [0.29, 0.717) is 12.3 Å². The first-order chi connectivity index (χ1) is 6.43. The molecule has 1 atom stereocenters. The summed E-state index contributed by atoms with van der Waals surface area (Å²) in [4.78, 5) is 11.1. The van der Waals surface area contributed by atoms with Crippen LogP contribution in [0.25, 0.3) is 0 Å². The second-order valence-corrected chi connectivity index (χ2v) is 4.94. The first kappa shape index (κ1) is 11.2. The number of ketones is 1. The molecule has 0 heterocycles. The van der Waals surface area contributed by atoms with Crippen molar-refractivity contribution in [1.82, 2.24) is 0 Å². The zero-order chi connectivity index (χ0) is 10.8. The van der Waals surface area contributed by atoms with Gasteiger partial charge < -0.3 is 0 Å². The van der Waals surface area contributed by atoms with E-state index < -0.39 is 0 Å². The monoisotopic (exact) mass is 192 g/mol. The third-order valence-corrected chi connectivity index (χ3v) is 3.08. The molecule has 0 aromatic rings. The molecule has 1 heteroatoms. The predicted octanol–water partition coefficient (Wildman–Crippen LogP) is 3.51. The summed E-state index contributed by atoms with van der Waals surface area (Å²) in [6.45, 7) is 10.5. The lowest BCUT2D eigenvalue weighted by molar-refractivity contribution is -0.115. The van der Waals surface area contributed by atoms with Crippen molar-refractivity contribution in [1.29, 1.82) is 0 Å². The number of carbonyl (C=O) groups is 1. The fourth-order valence-corrected chi connectivity index (χ4v) is 1.72.